The molecular weight excluding hydrogens is 232 g/mol. The van der Waals surface area contributed by atoms with Gasteiger partial charge in [-0.25, -0.2) is 4.98 Å². The highest BCUT2D eigenvalue weighted by Gasteiger charge is 2.07. The summed E-state index contributed by atoms with van der Waals surface area (Å²) in [6.45, 7) is 7.06. The van der Waals surface area contributed by atoms with Gasteiger partial charge >= 0.3 is 0 Å². The number of aryl methyl sites for hydroxylation is 1. The largest absolute Gasteiger partial charge is 0.366 e. The fourth-order valence-electron chi connectivity index (χ4n) is 1.55. The van der Waals surface area contributed by atoms with Gasteiger partial charge < -0.3 is 10.6 Å². The molecule has 0 spiro atoms. The van der Waals surface area contributed by atoms with Crippen LogP contribution in [-0.4, -0.2) is 34.6 Å². The van der Waals surface area contributed by atoms with E-state index in [9.17, 15) is 0 Å². The molecule has 0 aromatic carbocycles. The van der Waals surface area contributed by atoms with Gasteiger partial charge in [0.1, 0.15) is 5.82 Å². The van der Waals surface area contributed by atoms with Gasteiger partial charge in [0, 0.05) is 30.1 Å². The van der Waals surface area contributed by atoms with Crippen LogP contribution in [0.25, 0.3) is 0 Å². The van der Waals surface area contributed by atoms with Crippen molar-refractivity contribution in [1.82, 2.24) is 9.97 Å². The quantitative estimate of drug-likeness (QED) is 0.783. The van der Waals surface area contributed by atoms with Gasteiger partial charge in [-0.05, 0) is 26.5 Å². The molecule has 1 unspecified atom stereocenters. The number of nitrogens with one attached hydrogen (secondary N) is 2. The number of hydrogen-bond acceptors (Lipinski definition) is 5. The minimum Gasteiger partial charge on any atom is -0.366 e. The van der Waals surface area contributed by atoms with Gasteiger partial charge in [-0.3, -0.25) is 0 Å². The molecule has 0 saturated heterocycles. The first-order chi connectivity index (χ1) is 8.19. The van der Waals surface area contributed by atoms with Crippen molar-refractivity contribution in [3.8, 4) is 0 Å². The Hall–Kier alpha value is -0.970. The van der Waals surface area contributed by atoms with Crippen LogP contribution in [0.4, 0.5) is 11.8 Å². The molecule has 1 aromatic heterocycles. The van der Waals surface area contributed by atoms with Crippen molar-refractivity contribution < 1.29 is 0 Å². The zero-order valence-electron chi connectivity index (χ0n) is 11.1. The molecule has 0 saturated carbocycles. The summed E-state index contributed by atoms with van der Waals surface area (Å²) in [6, 6.07) is 2.46. The van der Waals surface area contributed by atoms with Gasteiger partial charge in [0.25, 0.3) is 0 Å². The maximum Gasteiger partial charge on any atom is 0.224 e. The molecule has 5 heteroatoms. The zero-order valence-corrected chi connectivity index (χ0v) is 11.9. The number of anilines is 2. The van der Waals surface area contributed by atoms with Gasteiger partial charge in [-0.2, -0.15) is 16.7 Å². The Bertz CT molecular complexity index is 343. The lowest BCUT2D eigenvalue weighted by Gasteiger charge is -2.17. The van der Waals surface area contributed by atoms with E-state index >= 15 is 0 Å². The molecule has 0 amide bonds. The van der Waals surface area contributed by atoms with Crippen LogP contribution >= 0.6 is 11.8 Å². The van der Waals surface area contributed by atoms with Crippen molar-refractivity contribution in [2.75, 3.05) is 29.2 Å². The van der Waals surface area contributed by atoms with Crippen molar-refractivity contribution in [3.05, 3.63) is 11.8 Å². The Kier molecular flexibility index (Phi) is 6.11. The molecule has 1 rings (SSSR count). The lowest BCUT2D eigenvalue weighted by Crippen LogP contribution is -2.22. The fourth-order valence-corrected chi connectivity index (χ4v) is 2.27. The van der Waals surface area contributed by atoms with E-state index in [-0.39, 0.29) is 0 Å². The summed E-state index contributed by atoms with van der Waals surface area (Å²) in [7, 11) is 0. The summed E-state index contributed by atoms with van der Waals surface area (Å²) >= 11 is 1.85. The van der Waals surface area contributed by atoms with Gasteiger partial charge in [-0.15, -0.1) is 0 Å². The van der Waals surface area contributed by atoms with E-state index in [0.29, 0.717) is 12.0 Å². The maximum absolute atomic E-state index is 4.45. The monoisotopic (exact) mass is 254 g/mol. The normalized spacial score (nSPS) is 12.2. The highest BCUT2D eigenvalue weighted by molar-refractivity contribution is 7.98. The first-order valence-electron chi connectivity index (χ1n) is 6.04. The summed E-state index contributed by atoms with van der Waals surface area (Å²) in [6.07, 6.45) is 3.22. The average molecular weight is 254 g/mol. The molecule has 0 aliphatic carbocycles. The Labute approximate surface area is 108 Å². The first-order valence-corrected chi connectivity index (χ1v) is 7.44. The third kappa shape index (κ3) is 4.81. The highest BCUT2D eigenvalue weighted by Crippen LogP contribution is 2.13. The molecule has 0 radical (unpaired) electrons. The SMILES string of the molecule is CCNc1nc(C)cc(NC(CC)CSC)n1. The summed E-state index contributed by atoms with van der Waals surface area (Å²) in [4.78, 5) is 8.79. The molecule has 1 aromatic rings. The first kappa shape index (κ1) is 14.1. The molecule has 2 N–H and O–H groups in total. The Morgan fingerprint density at radius 3 is 2.71 bits per heavy atom. The van der Waals surface area contributed by atoms with Crippen molar-refractivity contribution in [1.29, 1.82) is 0 Å². The van der Waals surface area contributed by atoms with E-state index in [4.69, 9.17) is 0 Å². The van der Waals surface area contributed by atoms with Gasteiger partial charge in [0.2, 0.25) is 5.95 Å². The van der Waals surface area contributed by atoms with E-state index in [1.165, 1.54) is 0 Å². The predicted octanol–water partition coefficient (Wildman–Crippen LogP) is 2.77. The molecule has 4 nitrogen and oxygen atoms in total. The van der Waals surface area contributed by atoms with Crippen molar-refractivity contribution in [2.24, 2.45) is 0 Å². The lowest BCUT2D eigenvalue weighted by molar-refractivity contribution is 0.768. The second kappa shape index (κ2) is 7.37. The molecule has 0 aliphatic heterocycles. The van der Waals surface area contributed by atoms with Crippen molar-refractivity contribution in [3.63, 3.8) is 0 Å². The second-order valence-corrected chi connectivity index (χ2v) is 4.86. The molecule has 17 heavy (non-hydrogen) atoms. The minimum absolute atomic E-state index is 0.466. The third-order valence-corrected chi connectivity index (χ3v) is 3.14. The summed E-state index contributed by atoms with van der Waals surface area (Å²) < 4.78 is 0. The minimum atomic E-state index is 0.466. The van der Waals surface area contributed by atoms with E-state index < -0.39 is 0 Å². The highest BCUT2D eigenvalue weighted by atomic mass is 32.2. The number of thioether (sulfide) groups is 1. The van der Waals surface area contributed by atoms with Crippen LogP contribution in [0.1, 0.15) is 26.0 Å². The van der Waals surface area contributed by atoms with Crippen LogP contribution in [0.5, 0.6) is 0 Å². The molecule has 0 aliphatic rings. The molecule has 0 fully saturated rings. The van der Waals surface area contributed by atoms with Gasteiger partial charge in [0.05, 0.1) is 0 Å². The number of hydrogen-bond donors (Lipinski definition) is 2. The molecular formula is C12H22N4S. The number of aromatic nitrogens is 2. The maximum atomic E-state index is 4.45. The van der Waals surface area contributed by atoms with Gasteiger partial charge in [-0.1, -0.05) is 6.92 Å². The molecule has 1 heterocycles. The predicted molar refractivity (Wildman–Crippen MR) is 77.0 cm³/mol. The van der Waals surface area contributed by atoms with E-state index in [1.807, 2.05) is 31.7 Å². The van der Waals surface area contributed by atoms with Crippen LogP contribution < -0.4 is 10.6 Å². The van der Waals surface area contributed by atoms with Crippen molar-refractivity contribution >= 4 is 23.5 Å². The lowest BCUT2D eigenvalue weighted by atomic mass is 10.2. The molecule has 96 valence electrons. The van der Waals surface area contributed by atoms with Crippen LogP contribution in [0.15, 0.2) is 6.07 Å². The van der Waals surface area contributed by atoms with E-state index in [1.54, 1.807) is 0 Å². The summed E-state index contributed by atoms with van der Waals surface area (Å²) in [5, 5.41) is 6.60. The van der Waals surface area contributed by atoms with Crippen molar-refractivity contribution in [2.45, 2.75) is 33.2 Å². The van der Waals surface area contributed by atoms with E-state index in [0.717, 1.165) is 30.2 Å². The number of nitrogens with zero attached hydrogens (tertiary/aromatic N) is 2. The summed E-state index contributed by atoms with van der Waals surface area (Å²) in [5.41, 5.74) is 0.984. The number of rotatable bonds is 7. The zero-order chi connectivity index (χ0) is 12.7. The Balaban J connectivity index is 2.75. The van der Waals surface area contributed by atoms with Gasteiger partial charge in [0.15, 0.2) is 0 Å². The van der Waals surface area contributed by atoms with Crippen LogP contribution in [0.2, 0.25) is 0 Å². The Morgan fingerprint density at radius 2 is 2.12 bits per heavy atom. The van der Waals surface area contributed by atoms with Crippen LogP contribution in [-0.2, 0) is 0 Å². The van der Waals surface area contributed by atoms with Crippen LogP contribution in [0, 0.1) is 6.92 Å². The smallest absolute Gasteiger partial charge is 0.224 e. The topological polar surface area (TPSA) is 49.8 Å². The second-order valence-electron chi connectivity index (χ2n) is 3.95. The standard InChI is InChI=1S/C12H22N4S/c1-5-10(8-17-4)15-11-7-9(3)14-12(16-11)13-6-2/h7,10H,5-6,8H2,1-4H3,(H2,13,14,15,16). The third-order valence-electron chi connectivity index (χ3n) is 2.40. The Morgan fingerprint density at radius 1 is 1.35 bits per heavy atom. The summed E-state index contributed by atoms with van der Waals surface area (Å²) in [5.74, 6) is 2.71. The average Bonchev–Trinajstić information content (AvgIpc) is 2.28. The molecule has 0 bridgehead atoms. The van der Waals surface area contributed by atoms with Crippen LogP contribution in [0.3, 0.4) is 0 Å². The van der Waals surface area contributed by atoms with E-state index in [2.05, 4.69) is 33.8 Å². The molecule has 1 atom stereocenters. The fraction of sp³-hybridized carbons (Fsp3) is 0.667.